The Morgan fingerprint density at radius 3 is 2.11 bits per heavy atom. The van der Waals surface area contributed by atoms with E-state index in [-0.39, 0.29) is 6.54 Å². The Kier molecular flexibility index (Phi) is 4.93. The third kappa shape index (κ3) is 3.30. The number of hydrogen-bond acceptors (Lipinski definition) is 6. The number of carbonyl (C=O) groups excluding carboxylic acids is 1. The quantitative estimate of drug-likeness (QED) is 0.393. The number of esters is 1. The summed E-state index contributed by atoms with van der Waals surface area (Å²) in [4.78, 5) is 13.7. The van der Waals surface area contributed by atoms with E-state index in [1.54, 1.807) is 18.2 Å². The lowest BCUT2D eigenvalue weighted by atomic mass is 9.76. The average Bonchev–Trinajstić information content (AvgIpc) is 3.16. The van der Waals surface area contributed by atoms with Gasteiger partial charge in [0.1, 0.15) is 11.5 Å². The number of sulfonamides is 1. The Hall–Kier alpha value is -4.14. The molecule has 2 aliphatic heterocycles. The van der Waals surface area contributed by atoms with Gasteiger partial charge in [0.2, 0.25) is 10.0 Å². The molecule has 4 aromatic rings. The Morgan fingerprint density at radius 1 is 0.833 bits per heavy atom. The maximum absolute atomic E-state index is 13.7. The number of hydrogen-bond donors (Lipinski definition) is 2. The molecule has 3 N–H and O–H groups in total. The first-order valence-electron chi connectivity index (χ1n) is 11.4. The van der Waals surface area contributed by atoms with Gasteiger partial charge in [-0.05, 0) is 29.3 Å². The van der Waals surface area contributed by atoms with Crippen molar-refractivity contribution < 1.29 is 22.7 Å². The van der Waals surface area contributed by atoms with Crippen LogP contribution in [0.15, 0.2) is 84.9 Å². The van der Waals surface area contributed by atoms with Crippen molar-refractivity contribution in [2.45, 2.75) is 12.1 Å². The van der Waals surface area contributed by atoms with Crippen molar-refractivity contribution in [1.82, 2.24) is 0 Å². The van der Waals surface area contributed by atoms with E-state index < -0.39 is 21.6 Å². The molecule has 0 amide bonds. The standard InChI is InChI=1S/C28H22N2O5S/c1-36(32,33)30-23-15-17(16-29)13-14-18(23)19-7-6-10-22-26(19)27(31)35-28(22)20-8-2-4-11-24(20)34-25-12-5-3-9-21(25)28/h2-15,30H,16,29H2,1H3. The first-order chi connectivity index (χ1) is 17.3. The Balaban J connectivity index is 1.64. The molecule has 2 heterocycles. The van der Waals surface area contributed by atoms with E-state index in [0.29, 0.717) is 39.4 Å². The van der Waals surface area contributed by atoms with Crippen LogP contribution in [0.1, 0.15) is 32.6 Å². The van der Waals surface area contributed by atoms with Crippen LogP contribution in [0.25, 0.3) is 11.1 Å². The topological polar surface area (TPSA) is 108 Å². The van der Waals surface area contributed by atoms with E-state index in [1.165, 1.54) is 0 Å². The summed E-state index contributed by atoms with van der Waals surface area (Å²) in [6.45, 7) is 0.240. The number of nitrogens with two attached hydrogens (primary N) is 1. The molecule has 0 radical (unpaired) electrons. The molecular formula is C28H22N2O5S. The van der Waals surface area contributed by atoms with E-state index in [9.17, 15) is 13.2 Å². The number of anilines is 1. The van der Waals surface area contributed by atoms with Crippen molar-refractivity contribution >= 4 is 21.7 Å². The zero-order chi connectivity index (χ0) is 25.1. The molecule has 0 bridgehead atoms. The fraction of sp³-hybridized carbons (Fsp3) is 0.107. The first-order valence-corrected chi connectivity index (χ1v) is 13.3. The summed E-state index contributed by atoms with van der Waals surface area (Å²) < 4.78 is 39.3. The molecule has 0 atom stereocenters. The molecule has 4 aromatic carbocycles. The number of fused-ring (bicyclic) bond motifs is 6. The maximum Gasteiger partial charge on any atom is 0.340 e. The summed E-state index contributed by atoms with van der Waals surface area (Å²) in [5, 5.41) is 0. The Bertz CT molecular complexity index is 1620. The van der Waals surface area contributed by atoms with Gasteiger partial charge in [0.05, 0.1) is 17.5 Å². The fourth-order valence-electron chi connectivity index (χ4n) is 5.13. The summed E-state index contributed by atoms with van der Waals surface area (Å²) in [5.74, 6) is 0.711. The van der Waals surface area contributed by atoms with Crippen LogP contribution in [-0.2, 0) is 26.9 Å². The fourth-order valence-corrected chi connectivity index (χ4v) is 5.70. The van der Waals surface area contributed by atoms with Gasteiger partial charge in [-0.3, -0.25) is 4.72 Å². The second-order valence-electron chi connectivity index (χ2n) is 8.85. The minimum Gasteiger partial charge on any atom is -0.456 e. The van der Waals surface area contributed by atoms with Gasteiger partial charge >= 0.3 is 5.97 Å². The minimum absolute atomic E-state index is 0.240. The number of carbonyl (C=O) groups is 1. The van der Waals surface area contributed by atoms with Gasteiger partial charge in [-0.25, -0.2) is 13.2 Å². The lowest BCUT2D eigenvalue weighted by molar-refractivity contribution is 0.0224. The predicted molar refractivity (Wildman–Crippen MR) is 136 cm³/mol. The van der Waals surface area contributed by atoms with Crippen LogP contribution in [-0.4, -0.2) is 20.6 Å². The monoisotopic (exact) mass is 498 g/mol. The molecule has 1 spiro atoms. The molecule has 0 aliphatic carbocycles. The van der Waals surface area contributed by atoms with Crippen molar-refractivity contribution in [3.8, 4) is 22.6 Å². The zero-order valence-electron chi connectivity index (χ0n) is 19.3. The lowest BCUT2D eigenvalue weighted by Gasteiger charge is -2.36. The smallest absolute Gasteiger partial charge is 0.340 e. The van der Waals surface area contributed by atoms with Gasteiger partial charge in [-0.1, -0.05) is 66.7 Å². The van der Waals surface area contributed by atoms with Crippen LogP contribution in [0.2, 0.25) is 0 Å². The van der Waals surface area contributed by atoms with Crippen molar-refractivity contribution in [2.75, 3.05) is 11.0 Å². The van der Waals surface area contributed by atoms with Crippen LogP contribution in [0, 0.1) is 0 Å². The average molecular weight is 499 g/mol. The van der Waals surface area contributed by atoms with E-state index in [0.717, 1.165) is 22.9 Å². The highest BCUT2D eigenvalue weighted by molar-refractivity contribution is 7.92. The summed E-state index contributed by atoms with van der Waals surface area (Å²) >= 11 is 0. The Labute approximate surface area is 208 Å². The van der Waals surface area contributed by atoms with Gasteiger partial charge in [-0.15, -0.1) is 0 Å². The van der Waals surface area contributed by atoms with Crippen molar-refractivity contribution in [3.63, 3.8) is 0 Å². The highest BCUT2D eigenvalue weighted by Crippen LogP contribution is 2.57. The third-order valence-corrected chi connectivity index (χ3v) is 7.14. The van der Waals surface area contributed by atoms with Crippen LogP contribution < -0.4 is 15.2 Å². The SMILES string of the molecule is CS(=O)(=O)Nc1cc(CN)ccc1-c1cccc2c1C(=O)OC21c2ccccc2Oc2ccccc21. The molecule has 6 rings (SSSR count). The molecule has 180 valence electrons. The third-order valence-electron chi connectivity index (χ3n) is 6.55. The predicted octanol–water partition coefficient (Wildman–Crippen LogP) is 4.75. The van der Waals surface area contributed by atoms with Crippen molar-refractivity contribution in [1.29, 1.82) is 0 Å². The lowest BCUT2D eigenvalue weighted by Crippen LogP contribution is -2.32. The molecule has 36 heavy (non-hydrogen) atoms. The second kappa shape index (κ2) is 7.94. The van der Waals surface area contributed by atoms with Gasteiger partial charge in [0.25, 0.3) is 0 Å². The minimum atomic E-state index is -3.59. The summed E-state index contributed by atoms with van der Waals surface area (Å²) in [7, 11) is -3.59. The number of ether oxygens (including phenoxy) is 2. The molecule has 2 aliphatic rings. The summed E-state index contributed by atoms with van der Waals surface area (Å²) in [6.07, 6.45) is 1.08. The van der Waals surface area contributed by atoms with Crippen LogP contribution >= 0.6 is 0 Å². The highest BCUT2D eigenvalue weighted by atomic mass is 32.2. The summed E-state index contributed by atoms with van der Waals surface area (Å²) in [5.41, 5.74) is 9.31. The number of rotatable bonds is 4. The largest absolute Gasteiger partial charge is 0.456 e. The normalized spacial score (nSPS) is 14.9. The van der Waals surface area contributed by atoms with Crippen molar-refractivity contribution in [3.05, 3.63) is 113 Å². The van der Waals surface area contributed by atoms with Crippen LogP contribution in [0.3, 0.4) is 0 Å². The molecule has 0 unspecified atom stereocenters. The number of para-hydroxylation sites is 2. The van der Waals surface area contributed by atoms with Gasteiger partial charge in [0, 0.05) is 28.8 Å². The van der Waals surface area contributed by atoms with E-state index >= 15 is 0 Å². The van der Waals surface area contributed by atoms with Gasteiger partial charge in [-0.2, -0.15) is 0 Å². The molecule has 0 saturated heterocycles. The van der Waals surface area contributed by atoms with Crippen LogP contribution in [0.5, 0.6) is 11.5 Å². The number of nitrogens with one attached hydrogen (secondary N) is 1. The highest BCUT2D eigenvalue weighted by Gasteiger charge is 2.54. The molecular weight excluding hydrogens is 476 g/mol. The summed E-state index contributed by atoms with van der Waals surface area (Å²) in [6, 6.07) is 25.8. The van der Waals surface area contributed by atoms with E-state index in [4.69, 9.17) is 15.2 Å². The molecule has 7 nitrogen and oxygen atoms in total. The maximum atomic E-state index is 13.7. The Morgan fingerprint density at radius 2 is 1.47 bits per heavy atom. The van der Waals surface area contributed by atoms with E-state index in [2.05, 4.69) is 4.72 Å². The zero-order valence-corrected chi connectivity index (χ0v) is 20.1. The van der Waals surface area contributed by atoms with Crippen molar-refractivity contribution in [2.24, 2.45) is 5.73 Å². The van der Waals surface area contributed by atoms with Gasteiger partial charge < -0.3 is 15.2 Å². The molecule has 8 heteroatoms. The first kappa shape index (κ1) is 22.3. The molecule has 0 fully saturated rings. The van der Waals surface area contributed by atoms with E-state index in [1.807, 2.05) is 66.7 Å². The molecule has 0 saturated carbocycles. The van der Waals surface area contributed by atoms with Crippen LogP contribution in [0.4, 0.5) is 5.69 Å². The molecule has 0 aromatic heterocycles. The second-order valence-corrected chi connectivity index (χ2v) is 10.6. The van der Waals surface area contributed by atoms with Gasteiger partial charge in [0.15, 0.2) is 5.60 Å². The number of benzene rings is 4.